The highest BCUT2D eigenvalue weighted by atomic mass is 16.5. The van der Waals surface area contributed by atoms with Crippen molar-refractivity contribution in [3.63, 3.8) is 0 Å². The van der Waals surface area contributed by atoms with Crippen LogP contribution in [0.1, 0.15) is 32.3 Å². The molecule has 126 valence electrons. The van der Waals surface area contributed by atoms with E-state index >= 15 is 0 Å². The van der Waals surface area contributed by atoms with E-state index in [0.29, 0.717) is 6.54 Å². The van der Waals surface area contributed by atoms with Crippen LogP contribution in [0.3, 0.4) is 0 Å². The molecule has 0 saturated heterocycles. The van der Waals surface area contributed by atoms with Crippen molar-refractivity contribution in [2.45, 2.75) is 39.2 Å². The predicted octanol–water partition coefficient (Wildman–Crippen LogP) is 3.60. The topological polar surface area (TPSA) is 51.2 Å². The van der Waals surface area contributed by atoms with Crippen molar-refractivity contribution < 1.29 is 9.53 Å². The molecule has 4 nitrogen and oxygen atoms in total. The van der Waals surface area contributed by atoms with E-state index in [0.717, 1.165) is 36.1 Å². The molecule has 0 fully saturated rings. The lowest BCUT2D eigenvalue weighted by Gasteiger charge is -2.16. The van der Waals surface area contributed by atoms with E-state index in [4.69, 9.17) is 4.74 Å². The minimum absolute atomic E-state index is 0.00120. The maximum absolute atomic E-state index is 12.1. The Morgan fingerprint density at radius 2 is 2.00 bits per heavy atom. The van der Waals surface area contributed by atoms with Crippen LogP contribution in [-0.4, -0.2) is 23.5 Å². The van der Waals surface area contributed by atoms with Gasteiger partial charge in [-0.2, -0.15) is 0 Å². The van der Waals surface area contributed by atoms with Gasteiger partial charge in [-0.15, -0.1) is 0 Å². The number of para-hydroxylation sites is 1. The molecular weight excluding hydrogens is 300 g/mol. The minimum atomic E-state index is 0.00120. The summed E-state index contributed by atoms with van der Waals surface area (Å²) in [7, 11) is 0. The maximum atomic E-state index is 12.1. The first kappa shape index (κ1) is 16.5. The number of benzene rings is 1. The number of hydrogen-bond donors (Lipinski definition) is 1. The van der Waals surface area contributed by atoms with Crippen LogP contribution in [0.2, 0.25) is 0 Å². The van der Waals surface area contributed by atoms with E-state index in [1.54, 1.807) is 12.4 Å². The first-order valence-corrected chi connectivity index (χ1v) is 8.69. The lowest BCUT2D eigenvalue weighted by molar-refractivity contribution is -0.125. The Bertz CT molecular complexity index is 696. The number of ether oxygens (including phenoxy) is 1. The predicted molar refractivity (Wildman–Crippen MR) is 94.9 cm³/mol. The van der Waals surface area contributed by atoms with E-state index in [2.05, 4.69) is 42.3 Å². The number of fused-ring (bicyclic) bond motifs is 1. The van der Waals surface area contributed by atoms with Gasteiger partial charge in [0.05, 0.1) is 6.54 Å². The van der Waals surface area contributed by atoms with Crippen LogP contribution in [0.25, 0.3) is 11.1 Å². The number of rotatable bonds is 6. The van der Waals surface area contributed by atoms with Crippen molar-refractivity contribution in [3.8, 4) is 16.9 Å². The molecule has 0 bridgehead atoms. The zero-order chi connectivity index (χ0) is 16.9. The van der Waals surface area contributed by atoms with Gasteiger partial charge in [0.2, 0.25) is 5.91 Å². The molecular formula is C20H24N2O2. The second-order valence-electron chi connectivity index (χ2n) is 6.23. The highest BCUT2D eigenvalue weighted by Crippen LogP contribution is 2.38. The molecule has 1 N–H and O–H groups in total. The molecule has 1 amide bonds. The summed E-state index contributed by atoms with van der Waals surface area (Å²) in [6.45, 7) is 4.66. The third-order valence-corrected chi connectivity index (χ3v) is 4.68. The highest BCUT2D eigenvalue weighted by molar-refractivity contribution is 5.78. The zero-order valence-corrected chi connectivity index (χ0v) is 14.3. The van der Waals surface area contributed by atoms with Crippen molar-refractivity contribution in [1.82, 2.24) is 10.3 Å². The number of hydrogen-bond acceptors (Lipinski definition) is 3. The molecule has 2 heterocycles. The van der Waals surface area contributed by atoms with Crippen molar-refractivity contribution in [2.75, 3.05) is 6.54 Å². The van der Waals surface area contributed by atoms with Crippen molar-refractivity contribution >= 4 is 5.91 Å². The van der Waals surface area contributed by atoms with Gasteiger partial charge in [0.1, 0.15) is 11.9 Å². The summed E-state index contributed by atoms with van der Waals surface area (Å²) in [6.07, 6.45) is 6.16. The van der Waals surface area contributed by atoms with Crippen LogP contribution >= 0.6 is 0 Å². The number of amides is 1. The molecule has 24 heavy (non-hydrogen) atoms. The number of nitrogens with zero attached hydrogens (tertiary/aromatic N) is 1. The lowest BCUT2D eigenvalue weighted by atomic mass is 10.0. The molecule has 1 aliphatic heterocycles. The van der Waals surface area contributed by atoms with Gasteiger partial charge >= 0.3 is 0 Å². The van der Waals surface area contributed by atoms with Crippen LogP contribution in [0.5, 0.6) is 5.75 Å². The van der Waals surface area contributed by atoms with Crippen LogP contribution in [0, 0.1) is 5.92 Å². The number of nitrogens with one attached hydrogen (secondary N) is 1. The Kier molecular flexibility index (Phi) is 5.14. The summed E-state index contributed by atoms with van der Waals surface area (Å²) >= 11 is 0. The van der Waals surface area contributed by atoms with E-state index in [9.17, 15) is 4.79 Å². The number of carbonyl (C=O) groups excluding carboxylic acids is 1. The largest absolute Gasteiger partial charge is 0.487 e. The van der Waals surface area contributed by atoms with Crippen molar-refractivity contribution in [3.05, 3.63) is 48.3 Å². The minimum Gasteiger partial charge on any atom is -0.487 e. The normalized spacial score (nSPS) is 15.9. The van der Waals surface area contributed by atoms with E-state index < -0.39 is 0 Å². The van der Waals surface area contributed by atoms with Gasteiger partial charge < -0.3 is 10.1 Å². The van der Waals surface area contributed by atoms with Crippen molar-refractivity contribution in [2.24, 2.45) is 5.92 Å². The Morgan fingerprint density at radius 3 is 2.71 bits per heavy atom. The summed E-state index contributed by atoms with van der Waals surface area (Å²) in [5.41, 5.74) is 3.39. The summed E-state index contributed by atoms with van der Waals surface area (Å²) in [4.78, 5) is 16.2. The average Bonchev–Trinajstić information content (AvgIpc) is 3.04. The van der Waals surface area contributed by atoms with Gasteiger partial charge in [-0.05, 0) is 36.1 Å². The molecule has 0 spiro atoms. The first-order valence-electron chi connectivity index (χ1n) is 8.69. The van der Waals surface area contributed by atoms with Gasteiger partial charge in [0.25, 0.3) is 0 Å². The quantitative estimate of drug-likeness (QED) is 0.883. The molecule has 0 unspecified atom stereocenters. The SMILES string of the molecule is CCC(CC)C(=O)NC[C@@H]1Cc2cccc(-c3ccncc3)c2O1. The van der Waals surface area contributed by atoms with Crippen LogP contribution in [0.15, 0.2) is 42.7 Å². The lowest BCUT2D eigenvalue weighted by Crippen LogP contribution is -2.37. The molecule has 1 aromatic carbocycles. The maximum Gasteiger partial charge on any atom is 0.223 e. The summed E-state index contributed by atoms with van der Waals surface area (Å²) in [5.74, 6) is 1.17. The van der Waals surface area contributed by atoms with E-state index in [1.165, 1.54) is 5.56 Å². The van der Waals surface area contributed by atoms with Crippen LogP contribution < -0.4 is 10.1 Å². The number of aromatic nitrogens is 1. The Labute approximate surface area is 143 Å². The summed E-state index contributed by atoms with van der Waals surface area (Å²) in [6, 6.07) is 10.2. The average molecular weight is 324 g/mol. The molecule has 2 aromatic rings. The third kappa shape index (κ3) is 3.42. The van der Waals surface area contributed by atoms with E-state index in [1.807, 2.05) is 12.1 Å². The molecule has 4 heteroatoms. The Balaban J connectivity index is 1.68. The molecule has 0 aliphatic carbocycles. The molecule has 0 radical (unpaired) electrons. The fourth-order valence-corrected chi connectivity index (χ4v) is 3.23. The molecule has 3 rings (SSSR count). The molecule has 1 atom stereocenters. The standard InChI is InChI=1S/C20H24N2O2/c1-3-14(4-2)20(23)22-13-17-12-16-6-5-7-18(19(16)24-17)15-8-10-21-11-9-15/h5-11,14,17H,3-4,12-13H2,1-2H3,(H,22,23)/t17-/m0/s1. The first-order chi connectivity index (χ1) is 11.7. The fourth-order valence-electron chi connectivity index (χ4n) is 3.23. The van der Waals surface area contributed by atoms with Gasteiger partial charge in [-0.25, -0.2) is 0 Å². The summed E-state index contributed by atoms with van der Waals surface area (Å²) in [5, 5.41) is 3.05. The van der Waals surface area contributed by atoms with Gasteiger partial charge in [0, 0.05) is 30.3 Å². The van der Waals surface area contributed by atoms with Crippen LogP contribution in [-0.2, 0) is 11.2 Å². The molecule has 1 aliphatic rings. The molecule has 0 saturated carbocycles. The number of carbonyl (C=O) groups is 1. The summed E-state index contributed by atoms with van der Waals surface area (Å²) < 4.78 is 6.15. The second-order valence-corrected chi connectivity index (χ2v) is 6.23. The Morgan fingerprint density at radius 1 is 1.25 bits per heavy atom. The van der Waals surface area contributed by atoms with E-state index in [-0.39, 0.29) is 17.9 Å². The van der Waals surface area contributed by atoms with Gasteiger partial charge in [-0.1, -0.05) is 32.0 Å². The number of pyridine rings is 1. The highest BCUT2D eigenvalue weighted by Gasteiger charge is 2.26. The van der Waals surface area contributed by atoms with Crippen molar-refractivity contribution in [1.29, 1.82) is 0 Å². The molecule has 1 aromatic heterocycles. The van der Waals surface area contributed by atoms with Gasteiger partial charge in [0.15, 0.2) is 0 Å². The second kappa shape index (κ2) is 7.47. The smallest absolute Gasteiger partial charge is 0.223 e. The third-order valence-electron chi connectivity index (χ3n) is 4.68. The fraction of sp³-hybridized carbons (Fsp3) is 0.400. The van der Waals surface area contributed by atoms with Crippen LogP contribution in [0.4, 0.5) is 0 Å². The van der Waals surface area contributed by atoms with Gasteiger partial charge in [-0.3, -0.25) is 9.78 Å². The Hall–Kier alpha value is -2.36. The zero-order valence-electron chi connectivity index (χ0n) is 14.3. The monoisotopic (exact) mass is 324 g/mol.